The number of aromatic nitrogens is 2. The van der Waals surface area contributed by atoms with Gasteiger partial charge in [0.25, 0.3) is 5.91 Å². The average Bonchev–Trinajstić information content (AvgIpc) is 2.93. The number of alkyl halides is 3. The first-order chi connectivity index (χ1) is 19.1. The second kappa shape index (κ2) is 12.3. The fraction of sp³-hybridized carbons (Fsp3) is 0.345. The number of anilines is 1. The molecule has 11 heteroatoms. The predicted molar refractivity (Wildman–Crippen MR) is 142 cm³/mol. The molecule has 40 heavy (non-hydrogen) atoms. The van der Waals surface area contributed by atoms with Crippen LogP contribution in [-0.4, -0.2) is 57.4 Å². The molecule has 2 aromatic heterocycles. The summed E-state index contributed by atoms with van der Waals surface area (Å²) in [5.74, 6) is -1.84. The van der Waals surface area contributed by atoms with Crippen LogP contribution in [-0.2, 0) is 22.4 Å². The van der Waals surface area contributed by atoms with Crippen molar-refractivity contribution >= 4 is 23.5 Å². The second-order valence-electron chi connectivity index (χ2n) is 9.72. The number of carbonyl (C=O) groups is 3. The van der Waals surface area contributed by atoms with Crippen LogP contribution in [0, 0.1) is 0 Å². The summed E-state index contributed by atoms with van der Waals surface area (Å²) < 4.78 is 40.2. The van der Waals surface area contributed by atoms with Gasteiger partial charge in [-0.15, -0.1) is 0 Å². The van der Waals surface area contributed by atoms with E-state index in [9.17, 15) is 27.6 Å². The maximum Gasteiger partial charge on any atom is 0.406 e. The van der Waals surface area contributed by atoms with E-state index in [0.717, 1.165) is 10.5 Å². The molecule has 0 saturated carbocycles. The van der Waals surface area contributed by atoms with Crippen molar-refractivity contribution in [2.45, 2.75) is 57.3 Å². The number of rotatable bonds is 8. The Morgan fingerprint density at radius 1 is 1.07 bits per heavy atom. The number of piperidine rings is 1. The third-order valence-electron chi connectivity index (χ3n) is 6.97. The van der Waals surface area contributed by atoms with E-state index in [1.54, 1.807) is 61.7 Å². The summed E-state index contributed by atoms with van der Waals surface area (Å²) in [4.78, 5) is 48.2. The smallest absolute Gasteiger partial charge is 0.340 e. The van der Waals surface area contributed by atoms with Crippen LogP contribution in [0.25, 0.3) is 0 Å². The molecule has 1 aliphatic heterocycles. The van der Waals surface area contributed by atoms with Crippen molar-refractivity contribution in [3.8, 4) is 0 Å². The quantitative estimate of drug-likeness (QED) is 0.433. The molecule has 3 aromatic rings. The summed E-state index contributed by atoms with van der Waals surface area (Å²) in [5, 5.41) is 5.32. The maximum atomic E-state index is 13.4. The van der Waals surface area contributed by atoms with Gasteiger partial charge in [0, 0.05) is 30.0 Å². The highest BCUT2D eigenvalue weighted by Gasteiger charge is 2.45. The maximum absolute atomic E-state index is 13.4. The monoisotopic (exact) mass is 553 g/mol. The van der Waals surface area contributed by atoms with Gasteiger partial charge in [0.15, 0.2) is 0 Å². The summed E-state index contributed by atoms with van der Waals surface area (Å²) in [6, 6.07) is 13.7. The molecule has 1 aromatic carbocycles. The van der Waals surface area contributed by atoms with Crippen LogP contribution in [0.3, 0.4) is 0 Å². The van der Waals surface area contributed by atoms with Gasteiger partial charge < -0.3 is 15.5 Å². The van der Waals surface area contributed by atoms with Gasteiger partial charge in [0.05, 0.1) is 12.0 Å². The summed E-state index contributed by atoms with van der Waals surface area (Å²) in [6.07, 6.45) is -1.12. The number of carbonyl (C=O) groups excluding carboxylic acids is 3. The molecule has 0 aliphatic carbocycles. The zero-order valence-corrected chi connectivity index (χ0v) is 22.1. The number of benzene rings is 1. The van der Waals surface area contributed by atoms with E-state index < -0.39 is 42.5 Å². The molecule has 2 N–H and O–H groups in total. The molecule has 210 valence electrons. The Balaban J connectivity index is 1.54. The topological polar surface area (TPSA) is 104 Å². The molecule has 3 unspecified atom stereocenters. The van der Waals surface area contributed by atoms with E-state index in [1.807, 2.05) is 6.92 Å². The van der Waals surface area contributed by atoms with Gasteiger partial charge >= 0.3 is 6.18 Å². The van der Waals surface area contributed by atoms with Gasteiger partial charge in [0.2, 0.25) is 11.8 Å². The minimum absolute atomic E-state index is 0.0663. The lowest BCUT2D eigenvalue weighted by Gasteiger charge is -2.43. The minimum atomic E-state index is -4.60. The first-order valence-corrected chi connectivity index (χ1v) is 13.0. The number of hydrogen-bond acceptors (Lipinski definition) is 5. The molecule has 1 saturated heterocycles. The molecule has 1 fully saturated rings. The van der Waals surface area contributed by atoms with Gasteiger partial charge in [-0.1, -0.05) is 43.3 Å². The third-order valence-corrected chi connectivity index (χ3v) is 6.97. The number of likely N-dealkylation sites (tertiary alicyclic amines) is 1. The van der Waals surface area contributed by atoms with E-state index in [-0.39, 0.29) is 24.3 Å². The Morgan fingerprint density at radius 2 is 1.80 bits per heavy atom. The first-order valence-electron chi connectivity index (χ1n) is 13.0. The minimum Gasteiger partial charge on any atom is -0.340 e. The Hall–Kier alpha value is -4.28. The lowest BCUT2D eigenvalue weighted by Crippen LogP contribution is -2.59. The number of amides is 3. The number of nitrogens with zero attached hydrogens (tertiary/aromatic N) is 3. The van der Waals surface area contributed by atoms with Crippen LogP contribution in [0.1, 0.15) is 53.4 Å². The highest BCUT2D eigenvalue weighted by Crippen LogP contribution is 2.35. The fourth-order valence-corrected chi connectivity index (χ4v) is 4.99. The average molecular weight is 554 g/mol. The Kier molecular flexibility index (Phi) is 8.81. The third kappa shape index (κ3) is 7.02. The molecular weight excluding hydrogens is 523 g/mol. The molecule has 3 heterocycles. The van der Waals surface area contributed by atoms with Crippen molar-refractivity contribution in [1.29, 1.82) is 0 Å². The first kappa shape index (κ1) is 28.7. The van der Waals surface area contributed by atoms with Crippen LogP contribution >= 0.6 is 0 Å². The van der Waals surface area contributed by atoms with Gasteiger partial charge in [-0.3, -0.25) is 19.4 Å². The SMILES string of the molecule is CCc1ncc(C(=O)NC2CC(c3ccccc3)C(C)N(CC(F)(F)F)C2=O)cc1CC(=O)Nc1ccccn1. The molecule has 0 spiro atoms. The standard InChI is InChI=1S/C29H30F3N5O3/c1-3-23-20(14-26(38)36-25-11-7-8-12-33-25)13-21(16-34-23)27(39)35-24-15-22(19-9-5-4-6-10-19)18(2)37(28(24)40)17-29(30,31)32/h4-13,16,18,22,24H,3,14-15,17H2,1-2H3,(H,35,39)(H,33,36,38). The number of nitrogens with one attached hydrogen (secondary N) is 2. The Morgan fingerprint density at radius 3 is 2.45 bits per heavy atom. The molecule has 8 nitrogen and oxygen atoms in total. The lowest BCUT2D eigenvalue weighted by atomic mass is 9.81. The summed E-state index contributed by atoms with van der Waals surface area (Å²) >= 11 is 0. The second-order valence-corrected chi connectivity index (χ2v) is 9.72. The van der Waals surface area contributed by atoms with Crippen molar-refractivity contribution in [3.63, 3.8) is 0 Å². The van der Waals surface area contributed by atoms with E-state index >= 15 is 0 Å². The van der Waals surface area contributed by atoms with Crippen LogP contribution in [0.2, 0.25) is 0 Å². The zero-order chi connectivity index (χ0) is 28.9. The van der Waals surface area contributed by atoms with Crippen LogP contribution in [0.4, 0.5) is 19.0 Å². The summed E-state index contributed by atoms with van der Waals surface area (Å²) in [7, 11) is 0. The molecule has 1 aliphatic rings. The summed E-state index contributed by atoms with van der Waals surface area (Å²) in [6.45, 7) is 2.04. The Labute approximate surface area is 230 Å². The molecule has 0 bridgehead atoms. The number of halogens is 3. The Bertz CT molecular complexity index is 1350. The van der Waals surface area contributed by atoms with Crippen molar-refractivity contribution in [2.75, 3.05) is 11.9 Å². The van der Waals surface area contributed by atoms with Crippen LogP contribution in [0.15, 0.2) is 67.0 Å². The molecule has 3 amide bonds. The van der Waals surface area contributed by atoms with Crippen LogP contribution in [0.5, 0.6) is 0 Å². The van der Waals surface area contributed by atoms with Gasteiger partial charge in [0.1, 0.15) is 18.4 Å². The van der Waals surface area contributed by atoms with Crippen molar-refractivity contribution in [2.24, 2.45) is 0 Å². The number of aryl methyl sites for hydroxylation is 1. The zero-order valence-electron chi connectivity index (χ0n) is 22.1. The van der Waals surface area contributed by atoms with Crippen molar-refractivity contribution in [1.82, 2.24) is 20.2 Å². The fourth-order valence-electron chi connectivity index (χ4n) is 4.99. The lowest BCUT2D eigenvalue weighted by molar-refractivity contribution is -0.170. The molecule has 3 atom stereocenters. The molecular formula is C29H30F3N5O3. The van der Waals surface area contributed by atoms with Crippen molar-refractivity contribution in [3.05, 3.63) is 89.4 Å². The van der Waals surface area contributed by atoms with Gasteiger partial charge in [-0.25, -0.2) is 4.98 Å². The normalized spacial score (nSPS) is 19.3. The largest absolute Gasteiger partial charge is 0.406 e. The van der Waals surface area contributed by atoms with E-state index in [2.05, 4.69) is 20.6 Å². The predicted octanol–water partition coefficient (Wildman–Crippen LogP) is 4.29. The summed E-state index contributed by atoms with van der Waals surface area (Å²) in [5.41, 5.74) is 2.02. The van der Waals surface area contributed by atoms with Crippen LogP contribution < -0.4 is 10.6 Å². The number of pyridine rings is 2. The van der Waals surface area contributed by atoms with E-state index in [0.29, 0.717) is 23.5 Å². The molecule has 0 radical (unpaired) electrons. The van der Waals surface area contributed by atoms with Gasteiger partial charge in [-0.05, 0) is 49.1 Å². The highest BCUT2D eigenvalue weighted by atomic mass is 19.4. The van der Waals surface area contributed by atoms with E-state index in [1.165, 1.54) is 12.3 Å². The molecule has 4 rings (SSSR count). The highest BCUT2D eigenvalue weighted by molar-refractivity contribution is 5.98. The van der Waals surface area contributed by atoms with Gasteiger partial charge in [-0.2, -0.15) is 13.2 Å². The number of hydrogen-bond donors (Lipinski definition) is 2. The van der Waals surface area contributed by atoms with E-state index in [4.69, 9.17) is 0 Å². The van der Waals surface area contributed by atoms with Crippen molar-refractivity contribution < 1.29 is 27.6 Å².